The number of carbonyl (C=O) groups excluding carboxylic acids is 1. The Bertz CT molecular complexity index is 304. The van der Waals surface area contributed by atoms with Gasteiger partial charge in [-0.15, -0.1) is 0 Å². The Morgan fingerprint density at radius 3 is 2.73 bits per heavy atom. The number of rotatable bonds is 3. The molecular weight excluding hydrogens is 188 g/mol. The van der Waals surface area contributed by atoms with Crippen molar-refractivity contribution in [1.82, 2.24) is 0 Å². The first-order valence-corrected chi connectivity index (χ1v) is 5.90. The minimum absolute atomic E-state index is 0.00870. The monoisotopic (exact) mass is 208 g/mol. The second-order valence-corrected chi connectivity index (χ2v) is 5.52. The molecule has 2 nitrogen and oxygen atoms in total. The summed E-state index contributed by atoms with van der Waals surface area (Å²) in [5, 5.41) is 0. The van der Waals surface area contributed by atoms with Crippen LogP contribution in [0.3, 0.4) is 0 Å². The van der Waals surface area contributed by atoms with Crippen LogP contribution < -0.4 is 0 Å². The lowest BCUT2D eigenvalue weighted by Crippen LogP contribution is -2.35. The largest absolute Gasteiger partial charge is 0.459 e. The van der Waals surface area contributed by atoms with Crippen LogP contribution >= 0.6 is 0 Å². The molecule has 0 amide bonds. The third-order valence-electron chi connectivity index (χ3n) is 3.90. The first kappa shape index (κ1) is 10.7. The number of carbonyl (C=O) groups is 1. The standard InChI is InChI=1S/C13H20O2/c1-4-12(2,3)15-11(14)13-7-5-10(9-13)6-8-13/h5,7,10H,4,6,8-9H2,1-3H3. The molecule has 2 rings (SSSR count). The summed E-state index contributed by atoms with van der Waals surface area (Å²) in [5.74, 6) is 0.618. The molecule has 1 fully saturated rings. The lowest BCUT2D eigenvalue weighted by atomic mass is 9.87. The second-order valence-electron chi connectivity index (χ2n) is 5.52. The van der Waals surface area contributed by atoms with Gasteiger partial charge in [-0.05, 0) is 45.4 Å². The van der Waals surface area contributed by atoms with Crippen molar-refractivity contribution in [2.75, 3.05) is 0 Å². The van der Waals surface area contributed by atoms with Crippen LogP contribution in [0.4, 0.5) is 0 Å². The summed E-state index contributed by atoms with van der Waals surface area (Å²) in [5.41, 5.74) is -0.586. The van der Waals surface area contributed by atoms with E-state index in [1.807, 2.05) is 20.8 Å². The fourth-order valence-electron chi connectivity index (χ4n) is 2.43. The van der Waals surface area contributed by atoms with E-state index in [1.54, 1.807) is 0 Å². The molecule has 0 heterocycles. The molecule has 0 radical (unpaired) electrons. The SMILES string of the molecule is CCC(C)(C)OC(=O)C12C=CC(CC1)C2. The van der Waals surface area contributed by atoms with Crippen LogP contribution in [0, 0.1) is 11.3 Å². The Morgan fingerprint density at radius 1 is 1.60 bits per heavy atom. The molecule has 15 heavy (non-hydrogen) atoms. The quantitative estimate of drug-likeness (QED) is 0.526. The fourth-order valence-corrected chi connectivity index (χ4v) is 2.43. The Balaban J connectivity index is 2.06. The molecular formula is C13H20O2. The van der Waals surface area contributed by atoms with Gasteiger partial charge in [-0.3, -0.25) is 4.79 Å². The average molecular weight is 208 g/mol. The van der Waals surface area contributed by atoms with E-state index in [0.29, 0.717) is 5.92 Å². The van der Waals surface area contributed by atoms with E-state index in [1.165, 1.54) is 0 Å². The molecule has 2 bridgehead atoms. The zero-order valence-corrected chi connectivity index (χ0v) is 9.88. The summed E-state index contributed by atoms with van der Waals surface area (Å²) in [4.78, 5) is 12.1. The van der Waals surface area contributed by atoms with Crippen LogP contribution in [0.2, 0.25) is 0 Å². The smallest absolute Gasteiger partial charge is 0.316 e. The van der Waals surface area contributed by atoms with Crippen LogP contribution in [0.25, 0.3) is 0 Å². The normalized spacial score (nSPS) is 33.4. The maximum absolute atomic E-state index is 12.1. The summed E-state index contributed by atoms with van der Waals surface area (Å²) >= 11 is 0. The predicted octanol–water partition coefficient (Wildman–Crippen LogP) is 3.07. The van der Waals surface area contributed by atoms with Crippen LogP contribution in [0.5, 0.6) is 0 Å². The van der Waals surface area contributed by atoms with E-state index in [4.69, 9.17) is 4.74 Å². The third kappa shape index (κ3) is 1.82. The number of esters is 1. The zero-order chi connectivity index (χ0) is 11.1. The summed E-state index contributed by atoms with van der Waals surface area (Å²) in [6.07, 6.45) is 8.23. The fraction of sp³-hybridized carbons (Fsp3) is 0.769. The van der Waals surface area contributed by atoms with Crippen LogP contribution in [-0.2, 0) is 9.53 Å². The molecule has 1 saturated carbocycles. The summed E-state index contributed by atoms with van der Waals surface area (Å²) in [6.45, 7) is 6.01. The first-order chi connectivity index (χ1) is 6.97. The van der Waals surface area contributed by atoms with E-state index < -0.39 is 0 Å². The molecule has 0 aliphatic heterocycles. The van der Waals surface area contributed by atoms with E-state index >= 15 is 0 Å². The molecule has 0 aromatic carbocycles. The van der Waals surface area contributed by atoms with Gasteiger partial charge in [0.2, 0.25) is 0 Å². The van der Waals surface area contributed by atoms with Crippen molar-refractivity contribution in [3.63, 3.8) is 0 Å². The summed E-state index contributed by atoms with van der Waals surface area (Å²) in [7, 11) is 0. The van der Waals surface area contributed by atoms with Gasteiger partial charge < -0.3 is 4.74 Å². The van der Waals surface area contributed by atoms with Crippen molar-refractivity contribution in [2.24, 2.45) is 11.3 Å². The van der Waals surface area contributed by atoms with Gasteiger partial charge in [0.15, 0.2) is 0 Å². The molecule has 0 aromatic heterocycles. The molecule has 2 atom stereocenters. The molecule has 2 heteroatoms. The highest BCUT2D eigenvalue weighted by atomic mass is 16.6. The molecule has 2 aliphatic rings. The average Bonchev–Trinajstić information content (AvgIpc) is 2.78. The van der Waals surface area contributed by atoms with Gasteiger partial charge in [0.05, 0.1) is 5.41 Å². The Kier molecular flexibility index (Phi) is 2.40. The maximum Gasteiger partial charge on any atom is 0.316 e. The van der Waals surface area contributed by atoms with E-state index in [0.717, 1.165) is 25.7 Å². The lowest BCUT2D eigenvalue weighted by Gasteiger charge is -2.29. The van der Waals surface area contributed by atoms with Gasteiger partial charge in [-0.2, -0.15) is 0 Å². The Labute approximate surface area is 91.7 Å². The van der Waals surface area contributed by atoms with Crippen molar-refractivity contribution >= 4 is 5.97 Å². The minimum atomic E-state index is -0.319. The van der Waals surface area contributed by atoms with Gasteiger partial charge in [-0.1, -0.05) is 19.1 Å². The van der Waals surface area contributed by atoms with E-state index in [-0.39, 0.29) is 17.0 Å². The van der Waals surface area contributed by atoms with Gasteiger partial charge >= 0.3 is 5.97 Å². The second kappa shape index (κ2) is 3.36. The van der Waals surface area contributed by atoms with Gasteiger partial charge in [-0.25, -0.2) is 0 Å². The first-order valence-electron chi connectivity index (χ1n) is 5.90. The topological polar surface area (TPSA) is 26.3 Å². The lowest BCUT2D eigenvalue weighted by molar-refractivity contribution is -0.166. The predicted molar refractivity (Wildman–Crippen MR) is 59.4 cm³/mol. The summed E-state index contributed by atoms with van der Waals surface area (Å²) < 4.78 is 5.60. The van der Waals surface area contributed by atoms with Gasteiger partial charge in [0.25, 0.3) is 0 Å². The molecule has 84 valence electrons. The van der Waals surface area contributed by atoms with Crippen molar-refractivity contribution in [1.29, 1.82) is 0 Å². The highest BCUT2D eigenvalue weighted by Crippen LogP contribution is 2.50. The van der Waals surface area contributed by atoms with Crippen molar-refractivity contribution in [3.05, 3.63) is 12.2 Å². The van der Waals surface area contributed by atoms with Crippen LogP contribution in [0.15, 0.2) is 12.2 Å². The summed E-state index contributed by atoms with van der Waals surface area (Å²) in [6, 6.07) is 0. The van der Waals surface area contributed by atoms with Crippen LogP contribution in [-0.4, -0.2) is 11.6 Å². The number of ether oxygens (including phenoxy) is 1. The van der Waals surface area contributed by atoms with E-state index in [9.17, 15) is 4.79 Å². The molecule has 2 aliphatic carbocycles. The Hall–Kier alpha value is -0.790. The molecule has 2 unspecified atom stereocenters. The number of allylic oxidation sites excluding steroid dienone is 1. The molecule has 0 saturated heterocycles. The highest BCUT2D eigenvalue weighted by molar-refractivity contribution is 5.81. The van der Waals surface area contributed by atoms with E-state index in [2.05, 4.69) is 12.2 Å². The van der Waals surface area contributed by atoms with Crippen molar-refractivity contribution in [3.8, 4) is 0 Å². The highest BCUT2D eigenvalue weighted by Gasteiger charge is 2.48. The molecule has 0 spiro atoms. The molecule has 0 N–H and O–H groups in total. The number of hydrogen-bond donors (Lipinski definition) is 0. The number of hydrogen-bond acceptors (Lipinski definition) is 2. The third-order valence-corrected chi connectivity index (χ3v) is 3.90. The van der Waals surface area contributed by atoms with Crippen LogP contribution in [0.1, 0.15) is 46.5 Å². The van der Waals surface area contributed by atoms with Crippen molar-refractivity contribution < 1.29 is 9.53 Å². The zero-order valence-electron chi connectivity index (χ0n) is 9.88. The minimum Gasteiger partial charge on any atom is -0.459 e. The number of fused-ring (bicyclic) bond motifs is 2. The maximum atomic E-state index is 12.1. The van der Waals surface area contributed by atoms with Gasteiger partial charge in [0, 0.05) is 0 Å². The van der Waals surface area contributed by atoms with Crippen molar-refractivity contribution in [2.45, 2.75) is 52.1 Å². The Morgan fingerprint density at radius 2 is 2.33 bits per heavy atom. The van der Waals surface area contributed by atoms with Gasteiger partial charge in [0.1, 0.15) is 5.60 Å². The molecule has 0 aromatic rings.